The Morgan fingerprint density at radius 1 is 0.602 bits per heavy atom. The van der Waals surface area contributed by atoms with Crippen LogP contribution in [-0.4, -0.2) is 215 Å². The van der Waals surface area contributed by atoms with Crippen LogP contribution in [0.1, 0.15) is 239 Å². The van der Waals surface area contributed by atoms with Gasteiger partial charge in [-0.3, -0.25) is 9.59 Å². The Morgan fingerprint density at radius 2 is 1.07 bits per heavy atom. The van der Waals surface area contributed by atoms with Gasteiger partial charge in [-0.25, -0.2) is 4.79 Å². The monoisotopic (exact) mass is 1270 g/mol. The van der Waals surface area contributed by atoms with Crippen molar-refractivity contribution in [2.45, 2.75) is 349 Å². The first kappa shape index (κ1) is 81.5. The number of allylic oxidation sites excluding steroid dienone is 1. The van der Waals surface area contributed by atoms with Crippen molar-refractivity contribution in [3.05, 3.63) is 12.2 Å². The minimum absolute atomic E-state index is 0. The van der Waals surface area contributed by atoms with Crippen LogP contribution in [0.25, 0.3) is 0 Å². The maximum atomic E-state index is 13.4. The number of carbonyl (C=O) groups is 3. The van der Waals surface area contributed by atoms with Crippen molar-refractivity contribution < 1.29 is 104 Å². The van der Waals surface area contributed by atoms with Crippen LogP contribution in [0.3, 0.4) is 0 Å². The molecular formula is C64H121N3O21. The molecule has 0 spiro atoms. The Bertz CT molecular complexity index is 1830. The van der Waals surface area contributed by atoms with E-state index in [2.05, 4.69) is 24.5 Å². The van der Waals surface area contributed by atoms with Crippen molar-refractivity contribution in [1.82, 2.24) is 16.8 Å². The van der Waals surface area contributed by atoms with Gasteiger partial charge in [0, 0.05) is 19.8 Å². The molecule has 2 amide bonds. The Hall–Kier alpha value is -2.57. The van der Waals surface area contributed by atoms with Gasteiger partial charge in [-0.15, -0.1) is 0 Å². The van der Waals surface area contributed by atoms with E-state index in [1.54, 1.807) is 6.08 Å². The molecule has 0 aromatic heterocycles. The first-order valence-corrected chi connectivity index (χ1v) is 33.6. The summed E-state index contributed by atoms with van der Waals surface area (Å²) in [5.74, 6) is -6.14. The lowest BCUT2D eigenvalue weighted by Gasteiger charge is -2.50. The molecule has 0 aromatic carbocycles. The highest BCUT2D eigenvalue weighted by molar-refractivity contribution is 5.77. The molecule has 0 aliphatic carbocycles. The van der Waals surface area contributed by atoms with Gasteiger partial charge in [0.15, 0.2) is 12.6 Å². The summed E-state index contributed by atoms with van der Waals surface area (Å²) < 4.78 is 34.7. The third-order valence-electron chi connectivity index (χ3n) is 17.2. The number of hydrogen-bond donors (Lipinski definition) is 15. The zero-order chi connectivity index (χ0) is 64.0. The van der Waals surface area contributed by atoms with Gasteiger partial charge in [-0.1, -0.05) is 212 Å². The number of carboxylic acids is 1. The van der Waals surface area contributed by atoms with E-state index in [9.17, 15) is 75.7 Å². The molecule has 3 fully saturated rings. The molecule has 17 N–H and O–H groups in total. The Morgan fingerprint density at radius 3 is 1.52 bits per heavy atom. The van der Waals surface area contributed by atoms with Gasteiger partial charge in [0.25, 0.3) is 5.79 Å². The van der Waals surface area contributed by atoms with Crippen molar-refractivity contribution >= 4 is 17.8 Å². The summed E-state index contributed by atoms with van der Waals surface area (Å²) in [6.45, 7) is 2.13. The molecule has 0 aromatic rings. The van der Waals surface area contributed by atoms with Crippen molar-refractivity contribution in [2.75, 3.05) is 26.4 Å². The average Bonchev–Trinajstić information content (AvgIpc) is 1.27. The van der Waals surface area contributed by atoms with Crippen molar-refractivity contribution in [3.63, 3.8) is 0 Å². The summed E-state index contributed by atoms with van der Waals surface area (Å²) in [6, 6.07) is -2.61. The normalized spacial score (nSPS) is 28.9. The Kier molecular flexibility index (Phi) is 43.8. The van der Waals surface area contributed by atoms with E-state index in [1.165, 1.54) is 148 Å². The van der Waals surface area contributed by atoms with Crippen molar-refractivity contribution in [2.24, 2.45) is 0 Å². The van der Waals surface area contributed by atoms with Crippen molar-refractivity contribution in [1.29, 1.82) is 0 Å². The van der Waals surface area contributed by atoms with Gasteiger partial charge in [0.1, 0.15) is 67.1 Å². The highest BCUT2D eigenvalue weighted by atomic mass is 16.8. The molecule has 3 heterocycles. The average molecular weight is 1270 g/mol. The van der Waals surface area contributed by atoms with Crippen molar-refractivity contribution in [3.8, 4) is 0 Å². The zero-order valence-corrected chi connectivity index (χ0v) is 53.6. The lowest BCUT2D eigenvalue weighted by molar-refractivity contribution is -0.386. The second kappa shape index (κ2) is 47.3. The molecule has 24 nitrogen and oxygen atoms in total. The van der Waals surface area contributed by atoms with E-state index in [1.807, 2.05) is 6.08 Å². The summed E-state index contributed by atoms with van der Waals surface area (Å²) in [5.41, 5.74) is 0. The Labute approximate surface area is 524 Å². The van der Waals surface area contributed by atoms with Crippen LogP contribution in [-0.2, 0) is 42.8 Å². The number of carbonyl (C=O) groups excluding carboxylic acids is 2. The highest BCUT2D eigenvalue weighted by Gasteiger charge is 2.60. The molecule has 3 rings (SSSR count). The molecule has 0 radical (unpaired) electrons. The van der Waals surface area contributed by atoms with Crippen LogP contribution in [0.2, 0.25) is 0 Å². The standard InChI is InChI=1S/C64H118N2O21.H3N/c1-4-6-8-10-12-14-16-18-19-20-21-22-23-24-26-28-30-32-34-36-38-51(74)66-45(46(71)37-35-33-31-29-27-25-17-15-13-11-9-7-5-2)43-82-61-56(78)55(77)58(50(42-69)84-61)85-62-57(79)60(54(76)49(41-68)83-62)87-64(63(80)81)39-47(72)52(65-44(3)70)59(86-64)53(75)48(73)40-67;/h35,37,45-50,52-62,67-69,71-73,75-79H,4-34,36,38-43H2,1-3H3,(H,65,70)(H,66,74)(H,80,81);1H3. The zero-order valence-electron chi connectivity index (χ0n) is 53.6. The molecule has 24 heteroatoms. The number of nitrogens with one attached hydrogen (secondary N) is 2. The fourth-order valence-electron chi connectivity index (χ4n) is 11.8. The maximum Gasteiger partial charge on any atom is 0.364 e. The first-order chi connectivity index (χ1) is 41.9. The third kappa shape index (κ3) is 29.6. The largest absolute Gasteiger partial charge is 0.477 e. The number of aliphatic carboxylic acids is 1. The lowest BCUT2D eigenvalue weighted by atomic mass is 9.88. The lowest BCUT2D eigenvalue weighted by Crippen LogP contribution is -2.70. The quantitative estimate of drug-likeness (QED) is 0.0272. The number of rotatable bonds is 50. The van der Waals surface area contributed by atoms with E-state index >= 15 is 0 Å². The van der Waals surface area contributed by atoms with E-state index in [4.69, 9.17) is 28.4 Å². The van der Waals surface area contributed by atoms with Crippen LogP contribution in [0.5, 0.6) is 0 Å². The highest BCUT2D eigenvalue weighted by Crippen LogP contribution is 2.39. The number of ether oxygens (including phenoxy) is 6. The summed E-state index contributed by atoms with van der Waals surface area (Å²) in [4.78, 5) is 38.5. The summed E-state index contributed by atoms with van der Waals surface area (Å²) >= 11 is 0. The fraction of sp³-hybridized carbons (Fsp3) is 0.922. The van der Waals surface area contributed by atoms with Gasteiger partial charge in [0.05, 0.1) is 50.7 Å². The molecule has 18 atom stereocenters. The van der Waals surface area contributed by atoms with Gasteiger partial charge < -0.3 is 106 Å². The van der Waals surface area contributed by atoms with Crippen LogP contribution in [0.4, 0.5) is 0 Å². The molecule has 18 unspecified atom stereocenters. The smallest absolute Gasteiger partial charge is 0.364 e. The fourth-order valence-corrected chi connectivity index (χ4v) is 11.8. The molecule has 0 saturated carbocycles. The molecule has 3 aliphatic heterocycles. The number of aliphatic hydroxyl groups excluding tert-OH is 11. The Balaban J connectivity index is 0.0000264. The second-order valence-electron chi connectivity index (χ2n) is 24.7. The first-order valence-electron chi connectivity index (χ1n) is 33.6. The molecular weight excluding hydrogens is 1150 g/mol. The molecule has 0 bridgehead atoms. The predicted molar refractivity (Wildman–Crippen MR) is 330 cm³/mol. The number of carboxylic acid groups (broad SMARTS) is 1. The topological polar surface area (TPSA) is 408 Å². The number of unbranched alkanes of at least 4 members (excludes halogenated alkanes) is 30. The van der Waals surface area contributed by atoms with E-state index in [-0.39, 0.29) is 18.5 Å². The van der Waals surface area contributed by atoms with Gasteiger partial charge in [-0.05, 0) is 19.3 Å². The van der Waals surface area contributed by atoms with Crippen LogP contribution >= 0.6 is 0 Å². The third-order valence-corrected chi connectivity index (χ3v) is 17.2. The van der Waals surface area contributed by atoms with E-state index in [0.29, 0.717) is 12.8 Å². The van der Waals surface area contributed by atoms with Gasteiger partial charge in [-0.2, -0.15) is 0 Å². The van der Waals surface area contributed by atoms with E-state index in [0.717, 1.165) is 51.9 Å². The van der Waals surface area contributed by atoms with Gasteiger partial charge >= 0.3 is 5.97 Å². The van der Waals surface area contributed by atoms with Crippen LogP contribution < -0.4 is 16.8 Å². The number of hydrogen-bond acceptors (Lipinski definition) is 21. The molecule has 3 aliphatic rings. The summed E-state index contributed by atoms with van der Waals surface area (Å²) in [6.07, 6.45) is 12.6. The SMILES string of the molecule is CCCCCCCCCCCCCC=CC(O)C(COC1OC(CO)C(OC2OC(CO)C(O)C(OC3(C(=O)O)CC(O)C(NC(C)=O)C(C(O)C(O)CO)O3)C2O)C(O)C1O)NC(=O)CCCCCCCCCCCCCCCCCCCCCC.N. The van der Waals surface area contributed by atoms with E-state index < -0.39 is 155 Å². The summed E-state index contributed by atoms with van der Waals surface area (Å²) in [7, 11) is 0. The van der Waals surface area contributed by atoms with Crippen LogP contribution in [0, 0.1) is 0 Å². The summed E-state index contributed by atoms with van der Waals surface area (Å²) in [5, 5.41) is 136. The molecule has 88 heavy (non-hydrogen) atoms. The number of amides is 2. The maximum absolute atomic E-state index is 13.4. The molecule has 3 saturated heterocycles. The van der Waals surface area contributed by atoms with Crippen LogP contribution in [0.15, 0.2) is 12.2 Å². The van der Waals surface area contributed by atoms with Gasteiger partial charge in [0.2, 0.25) is 11.8 Å². The minimum Gasteiger partial charge on any atom is -0.477 e. The number of aliphatic hydroxyl groups is 11. The minimum atomic E-state index is -3.08. The second-order valence-corrected chi connectivity index (χ2v) is 24.7. The molecule has 518 valence electrons. The predicted octanol–water partition coefficient (Wildman–Crippen LogP) is 5.28.